The van der Waals surface area contributed by atoms with Crippen LogP contribution in [0.25, 0.3) is 0 Å². The second-order valence-corrected chi connectivity index (χ2v) is 6.66. The summed E-state index contributed by atoms with van der Waals surface area (Å²) < 4.78 is 0. The molecular weight excluding hydrogens is 302 g/mol. The van der Waals surface area contributed by atoms with Gasteiger partial charge in [0.15, 0.2) is 5.11 Å². The van der Waals surface area contributed by atoms with E-state index in [0.717, 1.165) is 23.8 Å². The number of anilines is 2. The molecule has 0 amide bonds. The predicted octanol–water partition coefficient (Wildman–Crippen LogP) is 4.42. The van der Waals surface area contributed by atoms with E-state index in [0.29, 0.717) is 11.2 Å². The predicted molar refractivity (Wildman–Crippen MR) is 96.6 cm³/mol. The Hall–Kier alpha value is -1.00. The van der Waals surface area contributed by atoms with Crippen LogP contribution in [0.5, 0.6) is 0 Å². The number of nitrogens with zero attached hydrogens (tertiary/aromatic N) is 1. The fraction of sp³-hybridized carbons (Fsp3) is 0.562. The highest BCUT2D eigenvalue weighted by Crippen LogP contribution is 2.30. The molecule has 1 saturated heterocycles. The second-order valence-electron chi connectivity index (χ2n) is 5.82. The maximum atomic E-state index is 6.15. The molecule has 3 nitrogen and oxygen atoms in total. The highest BCUT2D eigenvalue weighted by molar-refractivity contribution is 7.80. The topological polar surface area (TPSA) is 27.3 Å². The van der Waals surface area contributed by atoms with E-state index in [2.05, 4.69) is 35.4 Å². The van der Waals surface area contributed by atoms with Gasteiger partial charge in [0.1, 0.15) is 0 Å². The lowest BCUT2D eigenvalue weighted by Crippen LogP contribution is -2.34. The Morgan fingerprint density at radius 1 is 1.19 bits per heavy atom. The molecular formula is C16H24ClN3S. The van der Waals surface area contributed by atoms with Gasteiger partial charge in [-0.15, -0.1) is 0 Å². The second kappa shape index (κ2) is 7.85. The number of thiocarbonyl (C=S) groups is 1. The molecule has 0 unspecified atom stereocenters. The van der Waals surface area contributed by atoms with Gasteiger partial charge in [0, 0.05) is 24.2 Å². The first-order valence-electron chi connectivity index (χ1n) is 7.68. The third-order valence-electron chi connectivity index (χ3n) is 3.57. The van der Waals surface area contributed by atoms with Gasteiger partial charge >= 0.3 is 0 Å². The molecule has 0 atom stereocenters. The summed E-state index contributed by atoms with van der Waals surface area (Å²) in [4.78, 5) is 2.43. The molecule has 21 heavy (non-hydrogen) atoms. The lowest BCUT2D eigenvalue weighted by atomic mass is 10.2. The molecule has 2 N–H and O–H groups in total. The zero-order chi connectivity index (χ0) is 15.2. The maximum absolute atomic E-state index is 6.15. The van der Waals surface area contributed by atoms with Crippen molar-refractivity contribution < 1.29 is 0 Å². The van der Waals surface area contributed by atoms with Crippen molar-refractivity contribution in [1.82, 2.24) is 5.32 Å². The molecule has 0 radical (unpaired) electrons. The Balaban J connectivity index is 2.18. The third-order valence-corrected chi connectivity index (χ3v) is 4.03. The summed E-state index contributed by atoms with van der Waals surface area (Å²) in [6.45, 7) is 6.34. The van der Waals surface area contributed by atoms with Crippen molar-refractivity contribution in [3.05, 3.63) is 23.2 Å². The van der Waals surface area contributed by atoms with Crippen LogP contribution < -0.4 is 15.5 Å². The minimum atomic E-state index is 0.311. The molecule has 1 aromatic rings. The first kappa shape index (κ1) is 16.4. The van der Waals surface area contributed by atoms with Gasteiger partial charge < -0.3 is 15.5 Å². The van der Waals surface area contributed by atoms with E-state index in [1.54, 1.807) is 0 Å². The summed E-state index contributed by atoms with van der Waals surface area (Å²) in [7, 11) is 0. The van der Waals surface area contributed by atoms with Gasteiger partial charge in [-0.3, -0.25) is 0 Å². The number of nitrogens with one attached hydrogen (secondary N) is 2. The van der Waals surface area contributed by atoms with Crippen LogP contribution in [0.3, 0.4) is 0 Å². The van der Waals surface area contributed by atoms with E-state index in [9.17, 15) is 0 Å². The van der Waals surface area contributed by atoms with E-state index < -0.39 is 0 Å². The van der Waals surface area contributed by atoms with Crippen LogP contribution in [0, 0.1) is 0 Å². The van der Waals surface area contributed by atoms with Gasteiger partial charge in [-0.1, -0.05) is 24.4 Å². The lowest BCUT2D eigenvalue weighted by molar-refractivity contribution is 0.726. The minimum absolute atomic E-state index is 0.311. The Kier molecular flexibility index (Phi) is 6.12. The van der Waals surface area contributed by atoms with E-state index in [4.69, 9.17) is 23.8 Å². The molecule has 0 aliphatic carbocycles. The van der Waals surface area contributed by atoms with Gasteiger partial charge in [-0.05, 0) is 57.1 Å². The summed E-state index contributed by atoms with van der Waals surface area (Å²) in [5.74, 6) is 0. The number of rotatable bonds is 3. The van der Waals surface area contributed by atoms with Crippen LogP contribution in [0.4, 0.5) is 11.4 Å². The van der Waals surface area contributed by atoms with Gasteiger partial charge in [0.25, 0.3) is 0 Å². The summed E-state index contributed by atoms with van der Waals surface area (Å²) >= 11 is 11.5. The van der Waals surface area contributed by atoms with E-state index in [1.807, 2.05) is 12.1 Å². The Morgan fingerprint density at radius 3 is 2.48 bits per heavy atom. The molecule has 0 bridgehead atoms. The Labute approximate surface area is 138 Å². The molecule has 1 fully saturated rings. The molecule has 1 aliphatic rings. The van der Waals surface area contributed by atoms with Crippen molar-refractivity contribution in [3.63, 3.8) is 0 Å². The number of hydrogen-bond donors (Lipinski definition) is 2. The van der Waals surface area contributed by atoms with Crippen LogP contribution in [-0.4, -0.2) is 24.2 Å². The van der Waals surface area contributed by atoms with Crippen molar-refractivity contribution >= 4 is 40.3 Å². The standard InChI is InChI=1S/C16H24ClN3S/c1-12(2)18-16(21)19-14-11-13(17)7-8-15(14)20-9-5-3-4-6-10-20/h7-8,11-12H,3-6,9-10H2,1-2H3,(H2,18,19,21). The molecule has 0 aromatic heterocycles. The average Bonchev–Trinajstić information content (AvgIpc) is 2.66. The third kappa shape index (κ3) is 5.04. The summed E-state index contributed by atoms with van der Waals surface area (Å²) in [5.41, 5.74) is 2.18. The van der Waals surface area contributed by atoms with Crippen LogP contribution in [0.15, 0.2) is 18.2 Å². The highest BCUT2D eigenvalue weighted by Gasteiger charge is 2.15. The smallest absolute Gasteiger partial charge is 0.171 e. The van der Waals surface area contributed by atoms with Crippen molar-refractivity contribution in [2.45, 2.75) is 45.6 Å². The Bertz CT molecular complexity index is 482. The van der Waals surface area contributed by atoms with Crippen molar-refractivity contribution in [2.24, 2.45) is 0 Å². The summed E-state index contributed by atoms with van der Waals surface area (Å²) in [5, 5.41) is 7.87. The highest BCUT2D eigenvalue weighted by atomic mass is 35.5. The maximum Gasteiger partial charge on any atom is 0.171 e. The zero-order valence-corrected chi connectivity index (χ0v) is 14.4. The quantitative estimate of drug-likeness (QED) is 0.805. The van der Waals surface area contributed by atoms with E-state index >= 15 is 0 Å². The monoisotopic (exact) mass is 325 g/mol. The van der Waals surface area contributed by atoms with Gasteiger partial charge in [-0.2, -0.15) is 0 Å². The van der Waals surface area contributed by atoms with Crippen LogP contribution in [0.2, 0.25) is 5.02 Å². The van der Waals surface area contributed by atoms with Crippen LogP contribution >= 0.6 is 23.8 Å². The average molecular weight is 326 g/mol. The van der Waals surface area contributed by atoms with Crippen molar-refractivity contribution in [3.8, 4) is 0 Å². The molecule has 0 saturated carbocycles. The Morgan fingerprint density at radius 2 is 1.86 bits per heavy atom. The van der Waals surface area contributed by atoms with Gasteiger partial charge in [-0.25, -0.2) is 0 Å². The fourth-order valence-corrected chi connectivity index (χ4v) is 3.13. The van der Waals surface area contributed by atoms with Crippen LogP contribution in [0.1, 0.15) is 39.5 Å². The van der Waals surface area contributed by atoms with E-state index in [-0.39, 0.29) is 0 Å². The first-order valence-corrected chi connectivity index (χ1v) is 8.47. The largest absolute Gasteiger partial charge is 0.370 e. The normalized spacial score (nSPS) is 15.7. The molecule has 2 rings (SSSR count). The summed E-state index contributed by atoms with van der Waals surface area (Å²) in [6.07, 6.45) is 5.13. The minimum Gasteiger partial charge on any atom is -0.370 e. The molecule has 1 aromatic carbocycles. The van der Waals surface area contributed by atoms with Crippen molar-refractivity contribution in [1.29, 1.82) is 0 Å². The number of hydrogen-bond acceptors (Lipinski definition) is 2. The molecule has 5 heteroatoms. The van der Waals surface area contributed by atoms with Crippen LogP contribution in [-0.2, 0) is 0 Å². The van der Waals surface area contributed by atoms with E-state index in [1.165, 1.54) is 31.4 Å². The van der Waals surface area contributed by atoms with Crippen molar-refractivity contribution in [2.75, 3.05) is 23.3 Å². The molecule has 116 valence electrons. The zero-order valence-electron chi connectivity index (χ0n) is 12.8. The summed E-state index contributed by atoms with van der Waals surface area (Å²) in [6, 6.07) is 6.31. The fourth-order valence-electron chi connectivity index (χ4n) is 2.62. The molecule has 1 heterocycles. The van der Waals surface area contributed by atoms with Gasteiger partial charge in [0.05, 0.1) is 11.4 Å². The molecule has 0 spiro atoms. The molecule has 1 aliphatic heterocycles. The number of halogens is 1. The first-order chi connectivity index (χ1) is 10.1. The number of benzene rings is 1. The SMILES string of the molecule is CC(C)NC(=S)Nc1cc(Cl)ccc1N1CCCCCC1. The van der Waals surface area contributed by atoms with Gasteiger partial charge in [0.2, 0.25) is 0 Å². The lowest BCUT2D eigenvalue weighted by Gasteiger charge is -2.26.